The van der Waals surface area contributed by atoms with Gasteiger partial charge in [0.15, 0.2) is 0 Å². The molecule has 0 saturated heterocycles. The fourth-order valence-corrected chi connectivity index (χ4v) is 5.02. The Hall–Kier alpha value is -2.52. The van der Waals surface area contributed by atoms with Crippen molar-refractivity contribution in [3.8, 4) is 5.75 Å². The van der Waals surface area contributed by atoms with Gasteiger partial charge in [-0.2, -0.15) is 4.31 Å². The Morgan fingerprint density at radius 3 is 2.45 bits per heavy atom. The number of carbonyl (C=O) groups excluding carboxylic acids is 1. The number of anilines is 1. The molecular weight excluding hydrogens is 480 g/mol. The van der Waals surface area contributed by atoms with Gasteiger partial charge < -0.3 is 10.1 Å². The third kappa shape index (κ3) is 6.09. The highest BCUT2D eigenvalue weighted by atomic mass is 35.5. The van der Waals surface area contributed by atoms with E-state index in [-0.39, 0.29) is 17.3 Å². The molecule has 0 bridgehead atoms. The van der Waals surface area contributed by atoms with E-state index in [1.54, 1.807) is 18.2 Å². The lowest BCUT2D eigenvalue weighted by atomic mass is 10.1. The number of halogens is 1. The highest BCUT2D eigenvalue weighted by Gasteiger charge is 2.23. The Morgan fingerprint density at radius 2 is 1.79 bits per heavy atom. The average Bonchev–Trinajstić information content (AvgIpc) is 2.80. The van der Waals surface area contributed by atoms with Crippen LogP contribution < -0.4 is 10.1 Å². The number of amides is 1. The number of hydrogen-bond acceptors (Lipinski definition) is 5. The maximum absolute atomic E-state index is 13.0. The predicted molar refractivity (Wildman–Crippen MR) is 134 cm³/mol. The highest BCUT2D eigenvalue weighted by molar-refractivity contribution is 7.98. The van der Waals surface area contributed by atoms with Gasteiger partial charge in [-0.05, 0) is 67.8 Å². The van der Waals surface area contributed by atoms with Gasteiger partial charge in [0.05, 0.1) is 17.2 Å². The molecule has 9 heteroatoms. The van der Waals surface area contributed by atoms with E-state index in [0.29, 0.717) is 34.2 Å². The summed E-state index contributed by atoms with van der Waals surface area (Å²) in [6.45, 7) is 2.29. The number of rotatable bonds is 9. The first kappa shape index (κ1) is 25.1. The molecule has 33 heavy (non-hydrogen) atoms. The largest absolute Gasteiger partial charge is 0.494 e. The molecule has 0 aliphatic carbocycles. The van der Waals surface area contributed by atoms with Gasteiger partial charge in [-0.3, -0.25) is 4.79 Å². The summed E-state index contributed by atoms with van der Waals surface area (Å²) in [5.74, 6) is 0.237. The normalized spacial score (nSPS) is 11.4. The minimum absolute atomic E-state index is 0.0306. The molecule has 6 nitrogen and oxygen atoms in total. The zero-order valence-corrected chi connectivity index (χ0v) is 20.9. The van der Waals surface area contributed by atoms with Gasteiger partial charge in [0, 0.05) is 34.6 Å². The standard InChI is InChI=1S/C24H25ClN2O4S2/c1-4-31-22-14-9-17(24(28)26-21-7-5-6-8-23(21)32-3)15-18(22)16-27(2)33(29,30)20-12-10-19(25)11-13-20/h5-15H,4,16H2,1-3H3,(H,26,28). The van der Waals surface area contributed by atoms with Gasteiger partial charge in [-0.25, -0.2) is 8.42 Å². The van der Waals surface area contributed by atoms with Crippen LogP contribution in [0.15, 0.2) is 76.5 Å². The SMILES string of the molecule is CCOc1ccc(C(=O)Nc2ccccc2SC)cc1CN(C)S(=O)(=O)c1ccc(Cl)cc1. The number of benzene rings is 3. The zero-order valence-electron chi connectivity index (χ0n) is 18.5. The van der Waals surface area contributed by atoms with Gasteiger partial charge in [0.1, 0.15) is 5.75 Å². The molecule has 0 aliphatic heterocycles. The zero-order chi connectivity index (χ0) is 24.0. The Morgan fingerprint density at radius 1 is 1.09 bits per heavy atom. The van der Waals surface area contributed by atoms with Gasteiger partial charge in [-0.15, -0.1) is 11.8 Å². The Balaban J connectivity index is 1.88. The summed E-state index contributed by atoms with van der Waals surface area (Å²) in [5, 5.41) is 3.38. The molecule has 1 N–H and O–H groups in total. The first-order valence-electron chi connectivity index (χ1n) is 10.2. The number of ether oxygens (including phenoxy) is 1. The summed E-state index contributed by atoms with van der Waals surface area (Å²) < 4.78 is 32.9. The van der Waals surface area contributed by atoms with Crippen LogP contribution in [0.2, 0.25) is 5.02 Å². The summed E-state index contributed by atoms with van der Waals surface area (Å²) in [5.41, 5.74) is 1.71. The maximum Gasteiger partial charge on any atom is 0.255 e. The second-order valence-corrected chi connectivity index (χ2v) is 10.5. The fraction of sp³-hybridized carbons (Fsp3) is 0.208. The second-order valence-electron chi connectivity index (χ2n) is 7.12. The van der Waals surface area contributed by atoms with Gasteiger partial charge in [0.25, 0.3) is 5.91 Å². The second kappa shape index (κ2) is 11.1. The van der Waals surface area contributed by atoms with Crippen molar-refractivity contribution >= 4 is 45.0 Å². The summed E-state index contributed by atoms with van der Waals surface area (Å²) >= 11 is 7.42. The lowest BCUT2D eigenvalue weighted by molar-refractivity contribution is 0.102. The summed E-state index contributed by atoms with van der Waals surface area (Å²) in [7, 11) is -2.27. The van der Waals surface area contributed by atoms with E-state index in [9.17, 15) is 13.2 Å². The summed E-state index contributed by atoms with van der Waals surface area (Å²) in [4.78, 5) is 14.0. The van der Waals surface area contributed by atoms with E-state index in [0.717, 1.165) is 4.90 Å². The van der Waals surface area contributed by atoms with Crippen molar-refractivity contribution in [2.75, 3.05) is 25.2 Å². The van der Waals surface area contributed by atoms with Crippen molar-refractivity contribution in [1.29, 1.82) is 0 Å². The van der Waals surface area contributed by atoms with Crippen LogP contribution in [0.25, 0.3) is 0 Å². The number of para-hydroxylation sites is 1. The van der Waals surface area contributed by atoms with Crippen LogP contribution in [0.5, 0.6) is 5.75 Å². The molecule has 0 spiro atoms. The van der Waals surface area contributed by atoms with E-state index in [2.05, 4.69) is 5.32 Å². The number of nitrogens with zero attached hydrogens (tertiary/aromatic N) is 1. The molecular formula is C24H25ClN2O4S2. The fourth-order valence-electron chi connectivity index (χ4n) is 3.19. The minimum atomic E-state index is -3.76. The van der Waals surface area contributed by atoms with Crippen LogP contribution in [0, 0.1) is 0 Å². The Labute approximate surface area is 204 Å². The molecule has 0 aliphatic rings. The van der Waals surface area contributed by atoms with Crippen LogP contribution >= 0.6 is 23.4 Å². The van der Waals surface area contributed by atoms with E-state index in [1.807, 2.05) is 37.4 Å². The first-order valence-corrected chi connectivity index (χ1v) is 13.2. The van der Waals surface area contributed by atoms with Gasteiger partial charge in [0.2, 0.25) is 10.0 Å². The molecule has 3 aromatic rings. The predicted octanol–water partition coefficient (Wildman–Crippen LogP) is 5.53. The Kier molecular flexibility index (Phi) is 8.42. The third-order valence-corrected chi connectivity index (χ3v) is 7.76. The number of carbonyl (C=O) groups is 1. The molecule has 0 radical (unpaired) electrons. The average molecular weight is 505 g/mol. The number of sulfonamides is 1. The van der Waals surface area contributed by atoms with Crippen molar-refractivity contribution in [2.45, 2.75) is 23.3 Å². The summed E-state index contributed by atoms with van der Waals surface area (Å²) in [6, 6.07) is 18.5. The molecule has 0 saturated carbocycles. The van der Waals surface area contributed by atoms with E-state index >= 15 is 0 Å². The Bertz CT molecular complexity index is 1230. The smallest absolute Gasteiger partial charge is 0.255 e. The molecule has 174 valence electrons. The lowest BCUT2D eigenvalue weighted by Gasteiger charge is -2.20. The van der Waals surface area contributed by atoms with E-state index < -0.39 is 10.0 Å². The number of thioether (sulfide) groups is 1. The molecule has 1 amide bonds. The van der Waals surface area contributed by atoms with Crippen LogP contribution in [-0.4, -0.2) is 38.5 Å². The van der Waals surface area contributed by atoms with E-state index in [1.165, 1.54) is 47.4 Å². The van der Waals surface area contributed by atoms with Crippen LogP contribution in [0.1, 0.15) is 22.8 Å². The third-order valence-electron chi connectivity index (χ3n) is 4.89. The van der Waals surface area contributed by atoms with Crippen LogP contribution in [0.3, 0.4) is 0 Å². The summed E-state index contributed by atoms with van der Waals surface area (Å²) in [6.07, 6.45) is 1.94. The topological polar surface area (TPSA) is 75.7 Å². The molecule has 0 aromatic heterocycles. The van der Waals surface area contributed by atoms with Crippen molar-refractivity contribution in [2.24, 2.45) is 0 Å². The van der Waals surface area contributed by atoms with Crippen molar-refractivity contribution < 1.29 is 17.9 Å². The molecule has 0 atom stereocenters. The van der Waals surface area contributed by atoms with Crippen molar-refractivity contribution in [3.63, 3.8) is 0 Å². The highest BCUT2D eigenvalue weighted by Crippen LogP contribution is 2.28. The molecule has 0 heterocycles. The maximum atomic E-state index is 13.0. The monoisotopic (exact) mass is 504 g/mol. The molecule has 3 aromatic carbocycles. The number of nitrogens with one attached hydrogen (secondary N) is 1. The van der Waals surface area contributed by atoms with Crippen LogP contribution in [-0.2, 0) is 16.6 Å². The van der Waals surface area contributed by atoms with Gasteiger partial charge in [-0.1, -0.05) is 23.7 Å². The minimum Gasteiger partial charge on any atom is -0.494 e. The number of hydrogen-bond donors (Lipinski definition) is 1. The van der Waals surface area contributed by atoms with Gasteiger partial charge >= 0.3 is 0 Å². The van der Waals surface area contributed by atoms with Crippen LogP contribution in [0.4, 0.5) is 5.69 Å². The lowest BCUT2D eigenvalue weighted by Crippen LogP contribution is -2.27. The molecule has 0 unspecified atom stereocenters. The van der Waals surface area contributed by atoms with E-state index in [4.69, 9.17) is 16.3 Å². The van der Waals surface area contributed by atoms with Crippen molar-refractivity contribution in [1.82, 2.24) is 4.31 Å². The molecule has 3 rings (SSSR count). The first-order chi connectivity index (χ1) is 15.8. The van der Waals surface area contributed by atoms with Crippen molar-refractivity contribution in [3.05, 3.63) is 82.9 Å². The quantitative estimate of drug-likeness (QED) is 0.387. The molecule has 0 fully saturated rings.